The van der Waals surface area contributed by atoms with E-state index in [2.05, 4.69) is 74.8 Å². The third kappa shape index (κ3) is 3.21. The van der Waals surface area contributed by atoms with Crippen molar-refractivity contribution in [2.45, 2.75) is 40.0 Å². The van der Waals surface area contributed by atoms with E-state index in [1.165, 1.54) is 22.3 Å². The molecule has 0 spiro atoms. The fraction of sp³-hybridized carbons (Fsp3) is 0.467. The minimum Gasteiger partial charge on any atom is -0.0880 e. The molecular formula is C15H21Br. The van der Waals surface area contributed by atoms with Crippen LogP contribution >= 0.6 is 15.9 Å². The lowest BCUT2D eigenvalue weighted by molar-refractivity contribution is 0.590. The summed E-state index contributed by atoms with van der Waals surface area (Å²) in [5, 5.41) is 0.944. The second-order valence-electron chi connectivity index (χ2n) is 5.37. The maximum Gasteiger partial charge on any atom is 0.0245 e. The second kappa shape index (κ2) is 5.18. The van der Waals surface area contributed by atoms with E-state index in [0.29, 0.717) is 0 Å². The zero-order chi connectivity index (χ0) is 12.3. The Morgan fingerprint density at radius 2 is 1.56 bits per heavy atom. The second-order valence-corrected chi connectivity index (χ2v) is 5.93. The Morgan fingerprint density at radius 1 is 1.06 bits per heavy atom. The highest BCUT2D eigenvalue weighted by Gasteiger charge is 2.13. The number of halogens is 1. The first-order chi connectivity index (χ1) is 7.36. The molecule has 1 aromatic rings. The van der Waals surface area contributed by atoms with Crippen molar-refractivity contribution in [2.24, 2.45) is 0 Å². The average Bonchev–Trinajstić information content (AvgIpc) is 2.26. The van der Waals surface area contributed by atoms with Crippen LogP contribution in [-0.4, -0.2) is 5.33 Å². The molecule has 16 heavy (non-hydrogen) atoms. The number of alkyl halides is 1. The van der Waals surface area contributed by atoms with Gasteiger partial charge in [0.2, 0.25) is 0 Å². The quantitative estimate of drug-likeness (QED) is 0.656. The topological polar surface area (TPSA) is 0 Å². The minimum atomic E-state index is 0.237. The van der Waals surface area contributed by atoms with Crippen LogP contribution < -0.4 is 0 Å². The third-order valence-corrected chi connectivity index (χ3v) is 3.87. The van der Waals surface area contributed by atoms with E-state index in [1.807, 2.05) is 0 Å². The van der Waals surface area contributed by atoms with Crippen molar-refractivity contribution in [2.75, 3.05) is 5.33 Å². The summed E-state index contributed by atoms with van der Waals surface area (Å²) in [6.07, 6.45) is 0. The van der Waals surface area contributed by atoms with Crippen molar-refractivity contribution in [1.82, 2.24) is 0 Å². The summed E-state index contributed by atoms with van der Waals surface area (Å²) < 4.78 is 0. The molecule has 0 N–H and O–H groups in total. The largest absolute Gasteiger partial charge is 0.0880 e. The zero-order valence-corrected chi connectivity index (χ0v) is 12.5. The molecule has 0 heterocycles. The first-order valence-corrected chi connectivity index (χ1v) is 6.81. The maximum absolute atomic E-state index is 3.50. The summed E-state index contributed by atoms with van der Waals surface area (Å²) in [7, 11) is 0. The van der Waals surface area contributed by atoms with Crippen LogP contribution in [0.2, 0.25) is 0 Å². The summed E-state index contributed by atoms with van der Waals surface area (Å²) in [5.41, 5.74) is 5.71. The SMILES string of the molecule is CC(CBr)=C(C)c1ccc(C(C)(C)C)cc1. The molecule has 1 rings (SSSR count). The average molecular weight is 281 g/mol. The van der Waals surface area contributed by atoms with Crippen molar-refractivity contribution < 1.29 is 0 Å². The molecule has 0 saturated heterocycles. The predicted molar refractivity (Wildman–Crippen MR) is 77.2 cm³/mol. The normalized spacial score (nSPS) is 13.6. The summed E-state index contributed by atoms with van der Waals surface area (Å²) in [5.74, 6) is 0. The van der Waals surface area contributed by atoms with Gasteiger partial charge in [-0.3, -0.25) is 0 Å². The van der Waals surface area contributed by atoms with Crippen LogP contribution in [0.4, 0.5) is 0 Å². The molecule has 0 radical (unpaired) electrons. The van der Waals surface area contributed by atoms with Crippen molar-refractivity contribution in [1.29, 1.82) is 0 Å². The van der Waals surface area contributed by atoms with Crippen molar-refractivity contribution in [3.63, 3.8) is 0 Å². The van der Waals surface area contributed by atoms with Gasteiger partial charge < -0.3 is 0 Å². The van der Waals surface area contributed by atoms with Crippen molar-refractivity contribution >= 4 is 21.5 Å². The van der Waals surface area contributed by atoms with Crippen LogP contribution in [0.3, 0.4) is 0 Å². The molecule has 0 aromatic heterocycles. The smallest absolute Gasteiger partial charge is 0.0245 e. The molecule has 0 unspecified atom stereocenters. The van der Waals surface area contributed by atoms with E-state index in [0.717, 1.165) is 5.33 Å². The van der Waals surface area contributed by atoms with E-state index in [1.54, 1.807) is 0 Å². The molecule has 0 saturated carbocycles. The van der Waals surface area contributed by atoms with Crippen LogP contribution in [0, 0.1) is 0 Å². The highest BCUT2D eigenvalue weighted by atomic mass is 79.9. The maximum atomic E-state index is 3.50. The van der Waals surface area contributed by atoms with Crippen LogP contribution in [0.15, 0.2) is 29.8 Å². The van der Waals surface area contributed by atoms with Gasteiger partial charge in [0.25, 0.3) is 0 Å². The molecule has 0 aliphatic heterocycles. The molecule has 0 atom stereocenters. The molecule has 0 nitrogen and oxygen atoms in total. The number of rotatable bonds is 2. The lowest BCUT2D eigenvalue weighted by Crippen LogP contribution is -2.10. The van der Waals surface area contributed by atoms with Gasteiger partial charge in [0, 0.05) is 5.33 Å². The Hall–Kier alpha value is -0.560. The zero-order valence-electron chi connectivity index (χ0n) is 10.9. The summed E-state index contributed by atoms with van der Waals surface area (Å²) in [4.78, 5) is 0. The van der Waals surface area contributed by atoms with Gasteiger partial charge in [0.05, 0.1) is 0 Å². The third-order valence-electron chi connectivity index (χ3n) is 3.02. The monoisotopic (exact) mass is 280 g/mol. The van der Waals surface area contributed by atoms with Gasteiger partial charge in [-0.05, 0) is 36.0 Å². The predicted octanol–water partition coefficient (Wildman–Crippen LogP) is 5.17. The highest BCUT2D eigenvalue weighted by Crippen LogP contribution is 2.25. The first-order valence-electron chi connectivity index (χ1n) is 5.69. The number of benzene rings is 1. The minimum absolute atomic E-state index is 0.237. The van der Waals surface area contributed by atoms with Gasteiger partial charge in [-0.15, -0.1) is 0 Å². The summed E-state index contributed by atoms with van der Waals surface area (Å²) >= 11 is 3.50. The highest BCUT2D eigenvalue weighted by molar-refractivity contribution is 9.09. The van der Waals surface area contributed by atoms with E-state index >= 15 is 0 Å². The summed E-state index contributed by atoms with van der Waals surface area (Å²) in [6.45, 7) is 11.1. The molecule has 88 valence electrons. The lowest BCUT2D eigenvalue weighted by Gasteiger charge is -2.19. The molecular weight excluding hydrogens is 260 g/mol. The number of allylic oxidation sites excluding steroid dienone is 2. The standard InChI is InChI=1S/C15H21Br/c1-11(10-16)12(2)13-6-8-14(9-7-13)15(3,4)5/h6-9H,10H2,1-5H3. The fourth-order valence-corrected chi connectivity index (χ4v) is 1.99. The molecule has 1 aromatic carbocycles. The lowest BCUT2D eigenvalue weighted by atomic mass is 9.86. The van der Waals surface area contributed by atoms with Crippen LogP contribution in [0.1, 0.15) is 45.7 Å². The van der Waals surface area contributed by atoms with E-state index < -0.39 is 0 Å². The van der Waals surface area contributed by atoms with Gasteiger partial charge in [-0.1, -0.05) is 66.5 Å². The first kappa shape index (κ1) is 13.5. The van der Waals surface area contributed by atoms with Gasteiger partial charge in [-0.25, -0.2) is 0 Å². The van der Waals surface area contributed by atoms with Crippen LogP contribution in [0.5, 0.6) is 0 Å². The Labute approximate surface area is 108 Å². The van der Waals surface area contributed by atoms with Crippen LogP contribution in [-0.2, 0) is 5.41 Å². The fourth-order valence-electron chi connectivity index (χ4n) is 1.57. The van der Waals surface area contributed by atoms with E-state index in [4.69, 9.17) is 0 Å². The molecule has 0 fully saturated rings. The Kier molecular flexibility index (Phi) is 4.37. The van der Waals surface area contributed by atoms with Crippen molar-refractivity contribution in [3.05, 3.63) is 41.0 Å². The van der Waals surface area contributed by atoms with Gasteiger partial charge >= 0.3 is 0 Å². The van der Waals surface area contributed by atoms with Crippen molar-refractivity contribution in [3.8, 4) is 0 Å². The van der Waals surface area contributed by atoms with Crippen LogP contribution in [0.25, 0.3) is 5.57 Å². The number of hydrogen-bond acceptors (Lipinski definition) is 0. The Bertz CT molecular complexity index is 377. The van der Waals surface area contributed by atoms with E-state index in [9.17, 15) is 0 Å². The Morgan fingerprint density at radius 3 is 1.94 bits per heavy atom. The van der Waals surface area contributed by atoms with Gasteiger partial charge in [0.1, 0.15) is 0 Å². The van der Waals surface area contributed by atoms with Gasteiger partial charge in [-0.2, -0.15) is 0 Å². The van der Waals surface area contributed by atoms with E-state index in [-0.39, 0.29) is 5.41 Å². The Balaban J connectivity index is 3.05. The molecule has 0 aliphatic carbocycles. The van der Waals surface area contributed by atoms with Gasteiger partial charge in [0.15, 0.2) is 0 Å². The molecule has 0 bridgehead atoms. The number of hydrogen-bond donors (Lipinski definition) is 0. The summed E-state index contributed by atoms with van der Waals surface area (Å²) in [6, 6.07) is 8.92. The molecule has 0 aliphatic rings. The molecule has 0 amide bonds. The molecule has 1 heteroatoms.